The average molecular weight is 237 g/mol. The van der Waals surface area contributed by atoms with E-state index in [-0.39, 0.29) is 23.5 Å². The summed E-state index contributed by atoms with van der Waals surface area (Å²) in [6, 6.07) is 0. The number of hydrogen-bond donors (Lipinski definition) is 3. The molecular formula is C8H10F3N3O2. The van der Waals surface area contributed by atoms with Gasteiger partial charge in [-0.15, -0.1) is 13.2 Å². The van der Waals surface area contributed by atoms with E-state index in [0.717, 1.165) is 6.20 Å². The molecule has 90 valence electrons. The Morgan fingerprint density at radius 1 is 1.44 bits per heavy atom. The summed E-state index contributed by atoms with van der Waals surface area (Å²) in [5, 5.41) is 8.87. The third kappa shape index (κ3) is 2.74. The number of nitrogens with two attached hydrogens (primary N) is 2. The third-order valence-electron chi connectivity index (χ3n) is 1.82. The Morgan fingerprint density at radius 2 is 2.06 bits per heavy atom. The van der Waals surface area contributed by atoms with Crippen LogP contribution in [0.5, 0.6) is 5.75 Å². The van der Waals surface area contributed by atoms with Crippen LogP contribution in [0.1, 0.15) is 11.3 Å². The number of hydrogen-bond acceptors (Lipinski definition) is 5. The quantitative estimate of drug-likeness (QED) is 0.712. The van der Waals surface area contributed by atoms with E-state index in [1.54, 1.807) is 0 Å². The first-order valence-electron chi connectivity index (χ1n) is 4.22. The molecule has 0 saturated carbocycles. The Balaban J connectivity index is 3.23. The first-order valence-corrected chi connectivity index (χ1v) is 4.22. The number of pyridine rings is 1. The normalized spacial score (nSPS) is 11.6. The smallest absolute Gasteiger partial charge is 0.403 e. The number of aliphatic hydroxyl groups is 1. The summed E-state index contributed by atoms with van der Waals surface area (Å²) in [5.74, 6) is -0.603. The number of ether oxygens (including phenoxy) is 1. The Kier molecular flexibility index (Phi) is 3.55. The van der Waals surface area contributed by atoms with Crippen LogP contribution in [0.25, 0.3) is 0 Å². The van der Waals surface area contributed by atoms with Gasteiger partial charge in [0.2, 0.25) is 0 Å². The second-order valence-electron chi connectivity index (χ2n) is 2.88. The molecule has 0 spiro atoms. The molecule has 8 heteroatoms. The Hall–Kier alpha value is -1.54. The molecule has 1 rings (SSSR count). The van der Waals surface area contributed by atoms with E-state index in [1.807, 2.05) is 0 Å². The van der Waals surface area contributed by atoms with Gasteiger partial charge >= 0.3 is 6.36 Å². The molecule has 0 aliphatic heterocycles. The Labute approximate surface area is 88.8 Å². The van der Waals surface area contributed by atoms with Crippen molar-refractivity contribution in [2.24, 2.45) is 5.73 Å². The fourth-order valence-electron chi connectivity index (χ4n) is 1.17. The van der Waals surface area contributed by atoms with Crippen molar-refractivity contribution in [2.45, 2.75) is 19.5 Å². The van der Waals surface area contributed by atoms with Crippen molar-refractivity contribution in [3.05, 3.63) is 17.5 Å². The van der Waals surface area contributed by atoms with Gasteiger partial charge in [0.05, 0.1) is 24.2 Å². The molecular weight excluding hydrogens is 227 g/mol. The van der Waals surface area contributed by atoms with Gasteiger partial charge < -0.3 is 21.3 Å². The molecule has 0 unspecified atom stereocenters. The summed E-state index contributed by atoms with van der Waals surface area (Å²) in [4.78, 5) is 3.66. The van der Waals surface area contributed by atoms with Gasteiger partial charge in [-0.3, -0.25) is 4.98 Å². The molecule has 0 aromatic carbocycles. The van der Waals surface area contributed by atoms with E-state index in [9.17, 15) is 13.2 Å². The van der Waals surface area contributed by atoms with Crippen LogP contribution in [0.15, 0.2) is 6.20 Å². The van der Waals surface area contributed by atoms with E-state index in [1.165, 1.54) is 0 Å². The first kappa shape index (κ1) is 12.5. The van der Waals surface area contributed by atoms with Crippen LogP contribution in [0.3, 0.4) is 0 Å². The van der Waals surface area contributed by atoms with Gasteiger partial charge in [-0.05, 0) is 0 Å². The molecule has 0 radical (unpaired) electrons. The SMILES string of the molecule is NCc1c(CO)ncc(N)c1OC(F)(F)F. The standard InChI is InChI=1S/C8H10F3N3O2/c9-8(10,11)16-7-4(1-12)6(3-15)14-2-5(7)13/h2,15H,1,3,12-13H2. The molecule has 0 aliphatic carbocycles. The van der Waals surface area contributed by atoms with E-state index >= 15 is 0 Å². The van der Waals surface area contributed by atoms with Crippen molar-refractivity contribution < 1.29 is 23.0 Å². The number of anilines is 1. The highest BCUT2D eigenvalue weighted by atomic mass is 19.4. The summed E-state index contributed by atoms with van der Waals surface area (Å²) >= 11 is 0. The maximum Gasteiger partial charge on any atom is 0.573 e. The van der Waals surface area contributed by atoms with Crippen LogP contribution in [0.4, 0.5) is 18.9 Å². The summed E-state index contributed by atoms with van der Waals surface area (Å²) in [6.07, 6.45) is -3.89. The van der Waals surface area contributed by atoms with Crippen LogP contribution in [-0.4, -0.2) is 16.5 Å². The molecule has 16 heavy (non-hydrogen) atoms. The highest BCUT2D eigenvalue weighted by Crippen LogP contribution is 2.32. The van der Waals surface area contributed by atoms with E-state index in [0.29, 0.717) is 0 Å². The van der Waals surface area contributed by atoms with Gasteiger partial charge in [-0.1, -0.05) is 0 Å². The van der Waals surface area contributed by atoms with Crippen LogP contribution in [0.2, 0.25) is 0 Å². The van der Waals surface area contributed by atoms with Crippen LogP contribution in [-0.2, 0) is 13.2 Å². The number of rotatable bonds is 3. The molecule has 1 aromatic heterocycles. The second kappa shape index (κ2) is 4.54. The van der Waals surface area contributed by atoms with Gasteiger partial charge in [0, 0.05) is 12.1 Å². The highest BCUT2D eigenvalue weighted by molar-refractivity contribution is 5.56. The number of halogens is 3. The minimum Gasteiger partial charge on any atom is -0.403 e. The molecule has 5 N–H and O–H groups in total. The lowest BCUT2D eigenvalue weighted by molar-refractivity contribution is -0.274. The third-order valence-corrected chi connectivity index (χ3v) is 1.82. The number of aliphatic hydroxyl groups excluding tert-OH is 1. The van der Waals surface area contributed by atoms with Crippen LogP contribution >= 0.6 is 0 Å². The van der Waals surface area contributed by atoms with Crippen molar-refractivity contribution >= 4 is 5.69 Å². The molecule has 0 amide bonds. The minimum atomic E-state index is -4.87. The zero-order valence-electron chi connectivity index (χ0n) is 8.08. The number of alkyl halides is 3. The van der Waals surface area contributed by atoms with Crippen molar-refractivity contribution in [1.82, 2.24) is 4.98 Å². The summed E-state index contributed by atoms with van der Waals surface area (Å²) in [7, 11) is 0. The number of nitrogens with zero attached hydrogens (tertiary/aromatic N) is 1. The maximum atomic E-state index is 12.1. The zero-order chi connectivity index (χ0) is 12.3. The van der Waals surface area contributed by atoms with Crippen LogP contribution in [0, 0.1) is 0 Å². The first-order chi connectivity index (χ1) is 7.39. The summed E-state index contributed by atoms with van der Waals surface area (Å²) in [6.45, 7) is -0.805. The van der Waals surface area contributed by atoms with Gasteiger partial charge in [0.1, 0.15) is 0 Å². The lowest BCUT2D eigenvalue weighted by Crippen LogP contribution is -2.21. The molecule has 1 aromatic rings. The van der Waals surface area contributed by atoms with E-state index in [2.05, 4.69) is 9.72 Å². The molecule has 5 nitrogen and oxygen atoms in total. The van der Waals surface area contributed by atoms with Crippen molar-refractivity contribution in [3.8, 4) is 5.75 Å². The topological polar surface area (TPSA) is 94.4 Å². The predicted molar refractivity (Wildman–Crippen MR) is 49.1 cm³/mol. The largest absolute Gasteiger partial charge is 0.573 e. The summed E-state index contributed by atoms with van der Waals surface area (Å²) < 4.78 is 40.0. The fraction of sp³-hybridized carbons (Fsp3) is 0.375. The van der Waals surface area contributed by atoms with Crippen molar-refractivity contribution in [1.29, 1.82) is 0 Å². The van der Waals surface area contributed by atoms with Gasteiger partial charge in [0.15, 0.2) is 5.75 Å². The summed E-state index contributed by atoms with van der Waals surface area (Å²) in [5.41, 5.74) is 10.2. The van der Waals surface area contributed by atoms with Crippen LogP contribution < -0.4 is 16.2 Å². The van der Waals surface area contributed by atoms with Gasteiger partial charge in [0.25, 0.3) is 0 Å². The lowest BCUT2D eigenvalue weighted by atomic mass is 10.1. The number of aromatic nitrogens is 1. The molecule has 0 atom stereocenters. The average Bonchev–Trinajstić information content (AvgIpc) is 2.19. The molecule has 0 bridgehead atoms. The zero-order valence-corrected chi connectivity index (χ0v) is 8.08. The van der Waals surface area contributed by atoms with Gasteiger partial charge in [-0.2, -0.15) is 0 Å². The molecule has 0 fully saturated rings. The van der Waals surface area contributed by atoms with Crippen molar-refractivity contribution in [2.75, 3.05) is 5.73 Å². The predicted octanol–water partition coefficient (Wildman–Crippen LogP) is 0.513. The Morgan fingerprint density at radius 3 is 2.50 bits per heavy atom. The van der Waals surface area contributed by atoms with E-state index in [4.69, 9.17) is 16.6 Å². The molecule has 1 heterocycles. The van der Waals surface area contributed by atoms with E-state index < -0.39 is 18.7 Å². The van der Waals surface area contributed by atoms with Crippen molar-refractivity contribution in [3.63, 3.8) is 0 Å². The fourth-order valence-corrected chi connectivity index (χ4v) is 1.17. The minimum absolute atomic E-state index is 0.0101. The molecule has 0 aliphatic rings. The number of nitrogen functional groups attached to an aromatic ring is 1. The lowest BCUT2D eigenvalue weighted by Gasteiger charge is -2.16. The second-order valence-corrected chi connectivity index (χ2v) is 2.88. The maximum absolute atomic E-state index is 12.1. The Bertz CT molecular complexity index is 382. The molecule has 0 saturated heterocycles. The van der Waals surface area contributed by atoms with Gasteiger partial charge in [-0.25, -0.2) is 0 Å². The monoisotopic (exact) mass is 237 g/mol. The highest BCUT2D eigenvalue weighted by Gasteiger charge is 2.33.